The Balaban J connectivity index is 1.58. The van der Waals surface area contributed by atoms with E-state index < -0.39 is 0 Å². The third kappa shape index (κ3) is 5.16. The van der Waals surface area contributed by atoms with Crippen LogP contribution >= 0.6 is 11.8 Å². The molecule has 2 heterocycles. The number of pyridine rings is 1. The van der Waals surface area contributed by atoms with Gasteiger partial charge in [0.15, 0.2) is 11.5 Å². The van der Waals surface area contributed by atoms with Crippen molar-refractivity contribution in [2.24, 2.45) is 0 Å². The highest BCUT2D eigenvalue weighted by Crippen LogP contribution is 2.18. The van der Waals surface area contributed by atoms with Crippen molar-refractivity contribution in [3.8, 4) is 5.75 Å². The summed E-state index contributed by atoms with van der Waals surface area (Å²) in [5, 5.41) is 14.5. The van der Waals surface area contributed by atoms with Gasteiger partial charge in [-0.3, -0.25) is 4.40 Å². The highest BCUT2D eigenvalue weighted by atomic mass is 32.2. The maximum atomic E-state index is 12.4. The molecule has 0 fully saturated rings. The summed E-state index contributed by atoms with van der Waals surface area (Å²) >= 11 is 1.74. The van der Waals surface area contributed by atoms with Gasteiger partial charge in [0.2, 0.25) is 0 Å². The van der Waals surface area contributed by atoms with Gasteiger partial charge in [0.1, 0.15) is 5.75 Å². The minimum atomic E-state index is -0.203. The van der Waals surface area contributed by atoms with Crippen LogP contribution in [0.2, 0.25) is 0 Å². The first kappa shape index (κ1) is 20.0. The second kappa shape index (κ2) is 9.98. The summed E-state index contributed by atoms with van der Waals surface area (Å²) in [7, 11) is 1.65. The average Bonchev–Trinajstić information content (AvgIpc) is 3.16. The molecule has 0 bridgehead atoms. The summed E-state index contributed by atoms with van der Waals surface area (Å²) in [5.41, 5.74) is 1.91. The van der Waals surface area contributed by atoms with E-state index in [0.717, 1.165) is 41.4 Å². The van der Waals surface area contributed by atoms with Crippen LogP contribution < -0.4 is 15.4 Å². The van der Waals surface area contributed by atoms with Crippen molar-refractivity contribution in [2.45, 2.75) is 18.9 Å². The Labute approximate surface area is 168 Å². The van der Waals surface area contributed by atoms with Crippen LogP contribution in [-0.4, -0.2) is 46.3 Å². The van der Waals surface area contributed by atoms with Gasteiger partial charge >= 0.3 is 6.03 Å². The summed E-state index contributed by atoms with van der Waals surface area (Å²) in [6.07, 6.45) is 5.50. The number of nitrogens with one attached hydrogen (secondary N) is 2. The first-order valence-electron chi connectivity index (χ1n) is 9.17. The fraction of sp³-hybridized carbons (Fsp3) is 0.350. The van der Waals surface area contributed by atoms with Gasteiger partial charge in [-0.25, -0.2) is 4.79 Å². The van der Waals surface area contributed by atoms with E-state index in [1.54, 1.807) is 18.9 Å². The van der Waals surface area contributed by atoms with Crippen LogP contribution in [0.3, 0.4) is 0 Å². The molecule has 0 saturated carbocycles. The molecule has 0 spiro atoms. The Morgan fingerprint density at radius 2 is 2.04 bits per heavy atom. The Hall–Kier alpha value is -2.74. The normalized spacial score (nSPS) is 11.9. The number of fused-ring (bicyclic) bond motifs is 1. The fourth-order valence-corrected chi connectivity index (χ4v) is 3.39. The molecule has 28 heavy (non-hydrogen) atoms. The Morgan fingerprint density at radius 3 is 2.79 bits per heavy atom. The lowest BCUT2D eigenvalue weighted by Gasteiger charge is -2.17. The number of nitrogens with zero attached hydrogens (tertiary/aromatic N) is 3. The number of amides is 2. The zero-order valence-corrected chi connectivity index (χ0v) is 16.9. The van der Waals surface area contributed by atoms with E-state index in [-0.39, 0.29) is 12.1 Å². The quantitative estimate of drug-likeness (QED) is 0.578. The van der Waals surface area contributed by atoms with Gasteiger partial charge in [0.05, 0.1) is 13.2 Å². The summed E-state index contributed by atoms with van der Waals surface area (Å²) in [5.74, 6) is 2.49. The highest BCUT2D eigenvalue weighted by molar-refractivity contribution is 7.98. The molecule has 1 aromatic carbocycles. The molecule has 0 aliphatic heterocycles. The van der Waals surface area contributed by atoms with E-state index >= 15 is 0 Å². The number of benzene rings is 1. The standard InChI is InChI=1S/C20H25N5O2S/c1-27-16-8-6-15(7-9-16)10-12-21-20(26)22-17(11-14-28-2)19-24-23-18-5-3-4-13-25(18)19/h3-9,13,17H,10-12,14H2,1-2H3,(H2,21,22,26)/t17-/m1/s1. The first-order valence-corrected chi connectivity index (χ1v) is 10.6. The lowest BCUT2D eigenvalue weighted by molar-refractivity contribution is 0.236. The van der Waals surface area contributed by atoms with Gasteiger partial charge in [-0.05, 0) is 54.7 Å². The maximum absolute atomic E-state index is 12.4. The second-order valence-electron chi connectivity index (χ2n) is 6.32. The monoisotopic (exact) mass is 399 g/mol. The third-order valence-corrected chi connectivity index (χ3v) is 5.07. The van der Waals surface area contributed by atoms with Crippen LogP contribution in [-0.2, 0) is 6.42 Å². The average molecular weight is 400 g/mol. The molecule has 0 radical (unpaired) electrons. The largest absolute Gasteiger partial charge is 0.497 e. The summed E-state index contributed by atoms with van der Waals surface area (Å²) < 4.78 is 7.08. The van der Waals surface area contributed by atoms with Gasteiger partial charge < -0.3 is 15.4 Å². The number of hydrogen-bond donors (Lipinski definition) is 2. The van der Waals surface area contributed by atoms with Crippen molar-refractivity contribution >= 4 is 23.4 Å². The zero-order chi connectivity index (χ0) is 19.8. The second-order valence-corrected chi connectivity index (χ2v) is 7.31. The molecule has 3 aromatic rings. The van der Waals surface area contributed by atoms with Crippen LogP contribution in [0.4, 0.5) is 4.79 Å². The SMILES string of the molecule is COc1ccc(CCNC(=O)N[C@H](CCSC)c2nnc3ccccn23)cc1. The van der Waals surface area contributed by atoms with Gasteiger partial charge in [0.25, 0.3) is 0 Å². The number of ether oxygens (including phenoxy) is 1. The van der Waals surface area contributed by atoms with Crippen molar-refractivity contribution in [3.05, 3.63) is 60.0 Å². The molecular weight excluding hydrogens is 374 g/mol. The van der Waals surface area contributed by atoms with Crippen molar-refractivity contribution < 1.29 is 9.53 Å². The minimum absolute atomic E-state index is 0.202. The smallest absolute Gasteiger partial charge is 0.315 e. The van der Waals surface area contributed by atoms with Crippen LogP contribution in [0.5, 0.6) is 5.75 Å². The van der Waals surface area contributed by atoms with Crippen LogP contribution in [0.1, 0.15) is 23.9 Å². The molecule has 0 aliphatic carbocycles. The van der Waals surface area contributed by atoms with E-state index in [1.807, 2.05) is 59.3 Å². The van der Waals surface area contributed by atoms with E-state index in [1.165, 1.54) is 0 Å². The van der Waals surface area contributed by atoms with Crippen molar-refractivity contribution in [1.82, 2.24) is 25.2 Å². The van der Waals surface area contributed by atoms with Crippen LogP contribution in [0.15, 0.2) is 48.7 Å². The molecule has 8 heteroatoms. The zero-order valence-electron chi connectivity index (χ0n) is 16.1. The molecule has 7 nitrogen and oxygen atoms in total. The Kier molecular flexibility index (Phi) is 7.13. The van der Waals surface area contributed by atoms with E-state index in [9.17, 15) is 4.79 Å². The third-order valence-electron chi connectivity index (χ3n) is 4.43. The predicted molar refractivity (Wildman–Crippen MR) is 112 cm³/mol. The molecule has 3 rings (SSSR count). The summed E-state index contributed by atoms with van der Waals surface area (Å²) in [6, 6.07) is 13.2. The molecule has 0 unspecified atom stereocenters. The van der Waals surface area contributed by atoms with Crippen molar-refractivity contribution in [3.63, 3.8) is 0 Å². The predicted octanol–water partition coefficient (Wildman–Crippen LogP) is 3.07. The molecular formula is C20H25N5O2S. The summed E-state index contributed by atoms with van der Waals surface area (Å²) in [4.78, 5) is 12.4. The van der Waals surface area contributed by atoms with Gasteiger partial charge in [-0.2, -0.15) is 11.8 Å². The lowest BCUT2D eigenvalue weighted by atomic mass is 10.1. The molecule has 1 atom stereocenters. The molecule has 2 amide bonds. The van der Waals surface area contributed by atoms with Crippen molar-refractivity contribution in [2.75, 3.05) is 25.7 Å². The van der Waals surface area contributed by atoms with E-state index in [4.69, 9.17) is 4.74 Å². The fourth-order valence-electron chi connectivity index (χ4n) is 2.92. The molecule has 2 N–H and O–H groups in total. The molecule has 0 saturated heterocycles. The number of aromatic nitrogens is 3. The van der Waals surface area contributed by atoms with E-state index in [0.29, 0.717) is 6.54 Å². The first-order chi connectivity index (χ1) is 13.7. The Bertz CT molecular complexity index is 897. The number of urea groups is 1. The molecule has 148 valence electrons. The van der Waals surface area contributed by atoms with Crippen LogP contribution in [0, 0.1) is 0 Å². The maximum Gasteiger partial charge on any atom is 0.315 e. The topological polar surface area (TPSA) is 80.5 Å². The minimum Gasteiger partial charge on any atom is -0.497 e. The number of thioether (sulfide) groups is 1. The van der Waals surface area contributed by atoms with Gasteiger partial charge in [-0.15, -0.1) is 10.2 Å². The molecule has 0 aliphatic rings. The Morgan fingerprint density at radius 1 is 1.21 bits per heavy atom. The van der Waals surface area contributed by atoms with E-state index in [2.05, 4.69) is 20.8 Å². The lowest BCUT2D eigenvalue weighted by Crippen LogP contribution is -2.39. The number of hydrogen-bond acceptors (Lipinski definition) is 5. The number of carbonyl (C=O) groups is 1. The highest BCUT2D eigenvalue weighted by Gasteiger charge is 2.19. The number of methoxy groups -OCH3 is 1. The van der Waals surface area contributed by atoms with Crippen molar-refractivity contribution in [1.29, 1.82) is 0 Å². The number of rotatable bonds is 9. The summed E-state index contributed by atoms with van der Waals surface area (Å²) in [6.45, 7) is 0.550. The van der Waals surface area contributed by atoms with Gasteiger partial charge in [-0.1, -0.05) is 18.2 Å². The van der Waals surface area contributed by atoms with Crippen LogP contribution in [0.25, 0.3) is 5.65 Å². The van der Waals surface area contributed by atoms with Gasteiger partial charge in [0, 0.05) is 12.7 Å². The molecule has 2 aromatic heterocycles. The number of carbonyl (C=O) groups excluding carboxylic acids is 1.